The molecule has 23 heavy (non-hydrogen) atoms. The summed E-state index contributed by atoms with van der Waals surface area (Å²) in [5.41, 5.74) is 1.34. The molecule has 3 rings (SSSR count). The largest absolute Gasteiger partial charge is 0.334 e. The lowest BCUT2D eigenvalue weighted by Gasteiger charge is -2.09. The summed E-state index contributed by atoms with van der Waals surface area (Å²) >= 11 is 18.5. The molecule has 0 unspecified atom stereocenters. The summed E-state index contributed by atoms with van der Waals surface area (Å²) < 4.78 is 19.0. The molecule has 0 bridgehead atoms. The van der Waals surface area contributed by atoms with Gasteiger partial charge in [0.15, 0.2) is 11.6 Å². The molecule has 0 fully saturated rings. The number of nitrogens with zero attached hydrogens (tertiary/aromatic N) is 3. The van der Waals surface area contributed by atoms with Crippen LogP contribution in [0.15, 0.2) is 16.7 Å². The molecule has 4 nitrogen and oxygen atoms in total. The number of benzene rings is 1. The number of thiol groups is 2. The van der Waals surface area contributed by atoms with Crippen molar-refractivity contribution in [3.8, 4) is 11.5 Å². The number of aromatic nitrogens is 3. The van der Waals surface area contributed by atoms with Gasteiger partial charge in [-0.1, -0.05) is 35.8 Å². The van der Waals surface area contributed by atoms with Crippen molar-refractivity contribution in [3.05, 3.63) is 39.5 Å². The summed E-state index contributed by atoms with van der Waals surface area (Å²) in [7, 11) is 0. The van der Waals surface area contributed by atoms with Crippen LogP contribution in [0.2, 0.25) is 10.2 Å². The number of rotatable bonds is 1. The number of hydrogen-bond donors (Lipinski definition) is 2. The fourth-order valence-corrected chi connectivity index (χ4v) is 2.57. The highest BCUT2D eigenvalue weighted by Gasteiger charge is 2.19. The molecule has 2 heterocycles. The van der Waals surface area contributed by atoms with Crippen LogP contribution in [-0.2, 0) is 0 Å². The van der Waals surface area contributed by atoms with Gasteiger partial charge in [0.25, 0.3) is 5.89 Å². The normalized spacial score (nSPS) is 10.0. The summed E-state index contributed by atoms with van der Waals surface area (Å²) in [5, 5.41) is 4.68. The van der Waals surface area contributed by atoms with Gasteiger partial charge in [-0.25, -0.2) is 9.37 Å². The Bertz CT molecular complexity index is 842. The highest BCUT2D eigenvalue weighted by atomic mass is 35.5. The van der Waals surface area contributed by atoms with E-state index in [1.54, 1.807) is 19.9 Å². The maximum Gasteiger partial charge on any atom is 0.261 e. The molecule has 0 N–H and O–H groups in total. The molecule has 1 aromatic carbocycles. The van der Waals surface area contributed by atoms with Gasteiger partial charge in [-0.2, -0.15) is 4.98 Å². The Balaban J connectivity index is 0.000000849. The summed E-state index contributed by atoms with van der Waals surface area (Å²) in [6.07, 6.45) is 0. The van der Waals surface area contributed by atoms with Crippen LogP contribution in [0.1, 0.15) is 18.8 Å². The first-order valence-corrected chi connectivity index (χ1v) is 8.28. The van der Waals surface area contributed by atoms with Gasteiger partial charge >= 0.3 is 0 Å². The van der Waals surface area contributed by atoms with Gasteiger partial charge < -0.3 is 4.52 Å². The van der Waals surface area contributed by atoms with Crippen LogP contribution in [0.4, 0.5) is 4.39 Å². The molecule has 2 aromatic heterocycles. The van der Waals surface area contributed by atoms with Crippen molar-refractivity contribution in [2.45, 2.75) is 21.3 Å². The van der Waals surface area contributed by atoms with Crippen molar-refractivity contribution in [3.63, 3.8) is 0 Å². The van der Waals surface area contributed by atoms with Gasteiger partial charge in [-0.15, -0.1) is 23.3 Å². The summed E-state index contributed by atoms with van der Waals surface area (Å²) in [5.74, 6) is 0.207. The minimum Gasteiger partial charge on any atom is -0.334 e. The van der Waals surface area contributed by atoms with E-state index in [2.05, 4.69) is 38.4 Å². The summed E-state index contributed by atoms with van der Waals surface area (Å²) in [6.45, 7) is 3.47. The monoisotopic (exact) mass is 393 g/mol. The third-order valence-electron chi connectivity index (χ3n) is 2.96. The Morgan fingerprint density at radius 1 is 1.13 bits per heavy atom. The molecule has 0 amide bonds. The molecule has 0 saturated heterocycles. The number of halogens is 3. The van der Waals surface area contributed by atoms with Crippen LogP contribution < -0.4 is 0 Å². The fraction of sp³-hybridized carbons (Fsp3) is 0.214. The zero-order valence-corrected chi connectivity index (χ0v) is 14.7. The van der Waals surface area contributed by atoms with Gasteiger partial charge in [-0.05, 0) is 31.5 Å². The molecule has 0 aliphatic rings. The van der Waals surface area contributed by atoms with Gasteiger partial charge in [0.1, 0.15) is 10.7 Å². The van der Waals surface area contributed by atoms with E-state index in [1.807, 2.05) is 0 Å². The van der Waals surface area contributed by atoms with E-state index >= 15 is 0 Å². The molecule has 0 aliphatic carbocycles. The number of fused-ring (bicyclic) bond motifs is 1. The summed E-state index contributed by atoms with van der Waals surface area (Å²) in [4.78, 5) is 8.19. The quantitative estimate of drug-likeness (QED) is 0.314. The van der Waals surface area contributed by atoms with Crippen LogP contribution in [0, 0.1) is 19.7 Å². The van der Waals surface area contributed by atoms with Gasteiger partial charge in [-0.3, -0.25) is 0 Å². The second kappa shape index (κ2) is 8.19. The Morgan fingerprint density at radius 2 is 1.78 bits per heavy atom. The third-order valence-corrected chi connectivity index (χ3v) is 3.46. The number of pyridine rings is 1. The molecule has 0 atom stereocenters. The first-order valence-electron chi connectivity index (χ1n) is 5.93. The molecule has 0 aliphatic heterocycles. The van der Waals surface area contributed by atoms with Crippen molar-refractivity contribution in [1.82, 2.24) is 15.1 Å². The van der Waals surface area contributed by atoms with E-state index in [4.69, 9.17) is 27.7 Å². The van der Waals surface area contributed by atoms with Crippen LogP contribution in [0.5, 0.6) is 0 Å². The van der Waals surface area contributed by atoms with Gasteiger partial charge in [0, 0.05) is 10.4 Å². The van der Waals surface area contributed by atoms with Crippen molar-refractivity contribution < 1.29 is 8.91 Å². The van der Waals surface area contributed by atoms with Crippen molar-refractivity contribution >= 4 is 57.4 Å². The maximum atomic E-state index is 13.9. The van der Waals surface area contributed by atoms with E-state index in [0.717, 1.165) is 0 Å². The zero-order valence-electron chi connectivity index (χ0n) is 11.4. The minimum absolute atomic E-state index is 0. The van der Waals surface area contributed by atoms with Crippen molar-refractivity contribution in [2.24, 2.45) is 0 Å². The van der Waals surface area contributed by atoms with Crippen LogP contribution in [0.3, 0.4) is 0 Å². The molecular formula is C14H14Cl2FN3OS2. The Kier molecular flexibility index (Phi) is 7.13. The Labute approximate surface area is 153 Å². The number of hydrogen-bond acceptors (Lipinski definition) is 6. The van der Waals surface area contributed by atoms with Crippen LogP contribution in [-0.4, -0.2) is 15.1 Å². The van der Waals surface area contributed by atoms with Crippen LogP contribution in [0.25, 0.3) is 22.4 Å². The minimum atomic E-state index is -0.522. The highest BCUT2D eigenvalue weighted by molar-refractivity contribution is 8.59. The van der Waals surface area contributed by atoms with Gasteiger partial charge in [0.2, 0.25) is 0 Å². The van der Waals surface area contributed by atoms with E-state index in [0.29, 0.717) is 22.3 Å². The first kappa shape index (κ1) is 20.0. The molecule has 0 saturated carbocycles. The Hall–Kier alpha value is -1.02. The maximum absolute atomic E-state index is 13.9. The van der Waals surface area contributed by atoms with E-state index < -0.39 is 5.82 Å². The second-order valence-electron chi connectivity index (χ2n) is 4.33. The average Bonchev–Trinajstić information content (AvgIpc) is 2.89. The second-order valence-corrected chi connectivity index (χ2v) is 5.13. The van der Waals surface area contributed by atoms with E-state index in [9.17, 15) is 4.39 Å². The molecule has 0 radical (unpaired) electrons. The van der Waals surface area contributed by atoms with Gasteiger partial charge in [0.05, 0.1) is 5.56 Å². The predicted molar refractivity (Wildman–Crippen MR) is 99.2 cm³/mol. The van der Waals surface area contributed by atoms with E-state index in [1.165, 1.54) is 6.07 Å². The van der Waals surface area contributed by atoms with Crippen LogP contribution >= 0.6 is 46.5 Å². The topological polar surface area (TPSA) is 51.8 Å². The zero-order chi connectivity index (χ0) is 16.4. The molecule has 124 valence electrons. The predicted octanol–water partition coefficient (Wildman–Crippen LogP) is 5.74. The lowest BCUT2D eigenvalue weighted by Crippen LogP contribution is -1.94. The van der Waals surface area contributed by atoms with Crippen molar-refractivity contribution in [1.29, 1.82) is 0 Å². The molecular weight excluding hydrogens is 380 g/mol. The fourth-order valence-electron chi connectivity index (χ4n) is 2.06. The SMILES string of the molecule is C.Cc1noc(-c2c(Cl)nc3c(F)cc(Cl)cc3c2C)n1.SS. The third kappa shape index (κ3) is 3.91. The molecule has 0 spiro atoms. The summed E-state index contributed by atoms with van der Waals surface area (Å²) in [6, 6.07) is 2.83. The van der Waals surface area contributed by atoms with E-state index in [-0.39, 0.29) is 29.0 Å². The smallest absolute Gasteiger partial charge is 0.261 e. The first-order chi connectivity index (χ1) is 10.5. The number of aryl methyl sites for hydroxylation is 2. The standard InChI is InChI=1S/C13H8Cl2FN3O.CH4.H2S2/c1-5-8-3-7(14)4-9(16)11(8)18-12(15)10(5)13-17-6(2)19-20-13;;1-2/h3-4H,1-2H3;1H4;1-2H. The molecule has 9 heteroatoms. The molecule has 3 aromatic rings. The highest BCUT2D eigenvalue weighted by Crippen LogP contribution is 2.35. The van der Waals surface area contributed by atoms with Crippen molar-refractivity contribution in [2.75, 3.05) is 0 Å². The lowest BCUT2D eigenvalue weighted by atomic mass is 10.0. The average molecular weight is 394 g/mol. The lowest BCUT2D eigenvalue weighted by molar-refractivity contribution is 0.425. The Morgan fingerprint density at radius 3 is 2.35 bits per heavy atom.